The van der Waals surface area contributed by atoms with Crippen LogP contribution >= 0.6 is 59.1 Å². The Morgan fingerprint density at radius 1 is 1.14 bits per heavy atom. The first-order valence-corrected chi connectivity index (χ1v) is 9.21. The standard InChI is InChI=1S/C14H10Br3N3S/c1-20-14(18)11(7-4-2-3-5-8(7)15)12(19-20)10-6-9(16)13(17)21-10/h2-6H,18H2,1H3. The first kappa shape index (κ1) is 15.3. The number of nitrogens with zero attached hydrogens (tertiary/aromatic N) is 2. The quantitative estimate of drug-likeness (QED) is 0.500. The maximum Gasteiger partial charge on any atom is 0.129 e. The summed E-state index contributed by atoms with van der Waals surface area (Å²) in [5.74, 6) is 0.651. The number of aromatic nitrogens is 2. The lowest BCUT2D eigenvalue weighted by molar-refractivity contribution is 0.783. The van der Waals surface area contributed by atoms with Gasteiger partial charge in [-0.2, -0.15) is 5.10 Å². The molecule has 0 bridgehead atoms. The molecule has 0 fully saturated rings. The lowest BCUT2D eigenvalue weighted by Gasteiger charge is -2.05. The number of thiophene rings is 1. The average Bonchev–Trinajstić information content (AvgIpc) is 2.93. The van der Waals surface area contributed by atoms with E-state index in [1.165, 1.54) is 0 Å². The molecule has 108 valence electrons. The summed E-state index contributed by atoms with van der Waals surface area (Å²) >= 11 is 12.3. The minimum Gasteiger partial charge on any atom is -0.383 e. The highest BCUT2D eigenvalue weighted by atomic mass is 79.9. The summed E-state index contributed by atoms with van der Waals surface area (Å²) in [6.07, 6.45) is 0. The van der Waals surface area contributed by atoms with Crippen molar-refractivity contribution in [3.05, 3.63) is 43.1 Å². The summed E-state index contributed by atoms with van der Waals surface area (Å²) in [6.45, 7) is 0. The molecule has 0 atom stereocenters. The van der Waals surface area contributed by atoms with E-state index in [1.54, 1.807) is 16.0 Å². The van der Waals surface area contributed by atoms with Gasteiger partial charge in [-0.05, 0) is 44.0 Å². The van der Waals surface area contributed by atoms with Crippen molar-refractivity contribution in [2.24, 2.45) is 7.05 Å². The van der Waals surface area contributed by atoms with E-state index in [0.29, 0.717) is 5.82 Å². The van der Waals surface area contributed by atoms with E-state index < -0.39 is 0 Å². The zero-order valence-corrected chi connectivity index (χ0v) is 16.5. The Hall–Kier alpha value is -0.630. The number of benzene rings is 1. The third-order valence-electron chi connectivity index (χ3n) is 3.11. The van der Waals surface area contributed by atoms with Crippen molar-refractivity contribution in [1.82, 2.24) is 9.78 Å². The van der Waals surface area contributed by atoms with Crippen molar-refractivity contribution in [1.29, 1.82) is 0 Å². The molecule has 0 amide bonds. The van der Waals surface area contributed by atoms with E-state index in [2.05, 4.69) is 59.0 Å². The first-order chi connectivity index (χ1) is 9.99. The van der Waals surface area contributed by atoms with Gasteiger partial charge in [-0.3, -0.25) is 4.68 Å². The molecule has 2 aromatic heterocycles. The molecule has 2 heterocycles. The summed E-state index contributed by atoms with van der Waals surface area (Å²) < 4.78 is 4.77. The predicted octanol–water partition coefficient (Wildman–Crippen LogP) is 5.69. The fraction of sp³-hybridized carbons (Fsp3) is 0.0714. The number of hydrogen-bond donors (Lipinski definition) is 1. The molecule has 0 radical (unpaired) electrons. The van der Waals surface area contributed by atoms with E-state index in [1.807, 2.05) is 31.3 Å². The Morgan fingerprint density at radius 3 is 2.48 bits per heavy atom. The minimum atomic E-state index is 0.651. The number of aryl methyl sites for hydroxylation is 1. The molecule has 3 nitrogen and oxygen atoms in total. The monoisotopic (exact) mass is 489 g/mol. The van der Waals surface area contributed by atoms with Crippen LogP contribution in [0.25, 0.3) is 21.7 Å². The molecule has 3 aromatic rings. The van der Waals surface area contributed by atoms with Crippen LogP contribution < -0.4 is 5.73 Å². The molecule has 1 aromatic carbocycles. The van der Waals surface area contributed by atoms with Gasteiger partial charge in [0, 0.05) is 21.6 Å². The number of nitrogen functional groups attached to an aromatic ring is 1. The molecule has 2 N–H and O–H groups in total. The Labute approximate surface area is 151 Å². The van der Waals surface area contributed by atoms with Crippen LogP contribution in [0.1, 0.15) is 0 Å². The average molecular weight is 492 g/mol. The fourth-order valence-electron chi connectivity index (χ4n) is 2.10. The number of nitrogens with two attached hydrogens (primary N) is 1. The summed E-state index contributed by atoms with van der Waals surface area (Å²) in [5, 5.41) is 4.59. The molecular formula is C14H10Br3N3S. The highest BCUT2D eigenvalue weighted by molar-refractivity contribution is 9.13. The van der Waals surface area contributed by atoms with Gasteiger partial charge in [-0.15, -0.1) is 11.3 Å². The fourth-order valence-corrected chi connectivity index (χ4v) is 4.61. The highest BCUT2D eigenvalue weighted by Gasteiger charge is 2.21. The van der Waals surface area contributed by atoms with E-state index in [9.17, 15) is 0 Å². The van der Waals surface area contributed by atoms with Crippen molar-refractivity contribution < 1.29 is 0 Å². The van der Waals surface area contributed by atoms with Crippen molar-refractivity contribution in [2.45, 2.75) is 0 Å². The summed E-state index contributed by atoms with van der Waals surface area (Å²) in [6, 6.07) is 10.1. The molecule has 0 aliphatic rings. The van der Waals surface area contributed by atoms with Crippen molar-refractivity contribution in [3.8, 4) is 21.7 Å². The largest absolute Gasteiger partial charge is 0.383 e. The second-order valence-electron chi connectivity index (χ2n) is 4.44. The van der Waals surface area contributed by atoms with Gasteiger partial charge < -0.3 is 5.73 Å². The van der Waals surface area contributed by atoms with Crippen LogP contribution in [0.15, 0.2) is 43.1 Å². The zero-order valence-electron chi connectivity index (χ0n) is 10.9. The Kier molecular flexibility index (Phi) is 4.27. The molecule has 7 heteroatoms. The smallest absolute Gasteiger partial charge is 0.129 e. The number of anilines is 1. The lowest BCUT2D eigenvalue weighted by atomic mass is 10.0. The number of hydrogen-bond acceptors (Lipinski definition) is 3. The molecule has 21 heavy (non-hydrogen) atoms. The lowest BCUT2D eigenvalue weighted by Crippen LogP contribution is -1.98. The van der Waals surface area contributed by atoms with Crippen molar-refractivity contribution in [2.75, 3.05) is 5.73 Å². The van der Waals surface area contributed by atoms with Crippen LogP contribution in [0.5, 0.6) is 0 Å². The van der Waals surface area contributed by atoms with E-state index >= 15 is 0 Å². The second-order valence-corrected chi connectivity index (χ2v) is 8.52. The topological polar surface area (TPSA) is 43.8 Å². The molecule has 0 unspecified atom stereocenters. The number of halogens is 3. The van der Waals surface area contributed by atoms with Crippen LogP contribution in [0.4, 0.5) is 5.82 Å². The Balaban J connectivity index is 2.28. The van der Waals surface area contributed by atoms with Crippen LogP contribution in [-0.4, -0.2) is 9.78 Å². The third-order valence-corrected chi connectivity index (χ3v) is 7.07. The molecule has 0 saturated heterocycles. The van der Waals surface area contributed by atoms with Crippen molar-refractivity contribution >= 4 is 64.9 Å². The van der Waals surface area contributed by atoms with Crippen molar-refractivity contribution in [3.63, 3.8) is 0 Å². The predicted molar refractivity (Wildman–Crippen MR) is 99.5 cm³/mol. The van der Waals surface area contributed by atoms with Gasteiger partial charge in [0.15, 0.2) is 0 Å². The summed E-state index contributed by atoms with van der Waals surface area (Å²) in [4.78, 5) is 1.06. The summed E-state index contributed by atoms with van der Waals surface area (Å²) in [7, 11) is 1.86. The minimum absolute atomic E-state index is 0.651. The van der Waals surface area contributed by atoms with Gasteiger partial charge >= 0.3 is 0 Å². The Bertz CT molecular complexity index is 803. The molecule has 0 spiro atoms. The maximum absolute atomic E-state index is 6.25. The molecule has 0 aliphatic heterocycles. The van der Waals surface area contributed by atoms with E-state index in [4.69, 9.17) is 5.73 Å². The number of rotatable bonds is 2. The normalized spacial score (nSPS) is 11.0. The molecular weight excluding hydrogens is 482 g/mol. The van der Waals surface area contributed by atoms with Crippen LogP contribution in [0.3, 0.4) is 0 Å². The molecule has 3 rings (SSSR count). The summed E-state index contributed by atoms with van der Waals surface area (Å²) in [5.41, 5.74) is 9.13. The molecule has 0 aliphatic carbocycles. The Morgan fingerprint density at radius 2 is 1.86 bits per heavy atom. The second kappa shape index (κ2) is 5.87. The van der Waals surface area contributed by atoms with E-state index in [0.717, 1.165) is 34.4 Å². The van der Waals surface area contributed by atoms with Crippen LogP contribution in [0, 0.1) is 0 Å². The third kappa shape index (κ3) is 2.72. The van der Waals surface area contributed by atoms with Gasteiger partial charge in [0.2, 0.25) is 0 Å². The van der Waals surface area contributed by atoms with Gasteiger partial charge in [0.25, 0.3) is 0 Å². The van der Waals surface area contributed by atoms with Gasteiger partial charge in [-0.1, -0.05) is 34.1 Å². The van der Waals surface area contributed by atoms with Gasteiger partial charge in [-0.25, -0.2) is 0 Å². The highest BCUT2D eigenvalue weighted by Crippen LogP contribution is 2.44. The SMILES string of the molecule is Cn1nc(-c2cc(Br)c(Br)s2)c(-c2ccccc2Br)c1N. The maximum atomic E-state index is 6.25. The van der Waals surface area contributed by atoms with Gasteiger partial charge in [0.05, 0.1) is 14.2 Å². The van der Waals surface area contributed by atoms with Gasteiger partial charge in [0.1, 0.15) is 11.5 Å². The first-order valence-electron chi connectivity index (χ1n) is 6.01. The van der Waals surface area contributed by atoms with Crippen LogP contribution in [0.2, 0.25) is 0 Å². The van der Waals surface area contributed by atoms with E-state index in [-0.39, 0.29) is 0 Å². The zero-order chi connectivity index (χ0) is 15.1. The van der Waals surface area contributed by atoms with Crippen LogP contribution in [-0.2, 0) is 7.05 Å². The molecule has 0 saturated carbocycles.